The summed E-state index contributed by atoms with van der Waals surface area (Å²) in [4.78, 5) is 18.7. The maximum Gasteiger partial charge on any atom is 0.303 e. The zero-order chi connectivity index (χ0) is 15.2. The Morgan fingerprint density at radius 1 is 1.57 bits per heavy atom. The minimum Gasteiger partial charge on any atom is -0.481 e. The van der Waals surface area contributed by atoms with E-state index in [2.05, 4.69) is 9.97 Å². The first-order valence-corrected chi connectivity index (χ1v) is 6.65. The van der Waals surface area contributed by atoms with Crippen LogP contribution in [0.3, 0.4) is 0 Å². The fraction of sp³-hybridized carbons (Fsp3) is 0.500. The van der Waals surface area contributed by atoms with Crippen molar-refractivity contribution in [1.29, 1.82) is 0 Å². The van der Waals surface area contributed by atoms with Crippen molar-refractivity contribution >= 4 is 11.5 Å². The fourth-order valence-corrected chi connectivity index (χ4v) is 2.25. The van der Waals surface area contributed by atoms with Crippen LogP contribution in [0.2, 0.25) is 0 Å². The van der Waals surface area contributed by atoms with Gasteiger partial charge in [0.15, 0.2) is 12.6 Å². The summed E-state index contributed by atoms with van der Waals surface area (Å²) in [6.45, 7) is -0.0902. The molecule has 0 radical (unpaired) electrons. The van der Waals surface area contributed by atoms with Gasteiger partial charge in [0, 0.05) is 13.5 Å². The number of aromatic nitrogens is 2. The molecule has 0 fully saturated rings. The van der Waals surface area contributed by atoms with E-state index in [0.717, 1.165) is 18.2 Å². The van der Waals surface area contributed by atoms with Crippen LogP contribution in [0.5, 0.6) is 5.88 Å². The number of rotatable bonds is 6. The molecule has 0 aromatic carbocycles. The molecule has 2 rings (SSSR count). The van der Waals surface area contributed by atoms with Crippen molar-refractivity contribution < 1.29 is 23.8 Å². The normalized spacial score (nSPS) is 18.2. The zero-order valence-electron chi connectivity index (χ0n) is 11.7. The van der Waals surface area contributed by atoms with E-state index in [1.54, 1.807) is 0 Å². The predicted octanol–water partition coefficient (Wildman–Crippen LogP) is 2.26. The molecule has 0 saturated carbocycles. The highest BCUT2D eigenvalue weighted by atomic mass is 19.1. The van der Waals surface area contributed by atoms with Gasteiger partial charge in [0.05, 0.1) is 6.20 Å². The molecule has 1 aromatic heterocycles. The first-order chi connectivity index (χ1) is 10.1. The van der Waals surface area contributed by atoms with Crippen molar-refractivity contribution in [3.63, 3.8) is 0 Å². The average molecular weight is 296 g/mol. The molecule has 0 saturated heterocycles. The minimum atomic E-state index is -0.787. The van der Waals surface area contributed by atoms with Crippen LogP contribution in [0.1, 0.15) is 31.5 Å². The van der Waals surface area contributed by atoms with E-state index in [0.29, 0.717) is 18.7 Å². The first-order valence-electron chi connectivity index (χ1n) is 6.65. The van der Waals surface area contributed by atoms with E-state index in [-0.39, 0.29) is 25.0 Å². The van der Waals surface area contributed by atoms with E-state index >= 15 is 0 Å². The Bertz CT molecular complexity index is 548. The molecule has 0 amide bonds. The Balaban J connectivity index is 2.08. The van der Waals surface area contributed by atoms with Crippen LogP contribution in [0.15, 0.2) is 12.3 Å². The summed E-state index contributed by atoms with van der Waals surface area (Å²) in [5.41, 5.74) is 0.888. The number of allylic oxidation sites excluding steroid dienone is 2. The Hall–Kier alpha value is -2.02. The number of halogens is 1. The van der Waals surface area contributed by atoms with Gasteiger partial charge in [-0.3, -0.25) is 4.79 Å². The van der Waals surface area contributed by atoms with Gasteiger partial charge >= 0.3 is 5.97 Å². The molecular formula is C14H17FN2O4. The number of aliphatic carboxylic acids is 1. The number of carbonyl (C=O) groups is 1. The van der Waals surface area contributed by atoms with Gasteiger partial charge in [-0.05, 0) is 30.8 Å². The Kier molecular flexibility index (Phi) is 5.21. The Morgan fingerprint density at radius 3 is 3.00 bits per heavy atom. The highest BCUT2D eigenvalue weighted by molar-refractivity contribution is 5.67. The molecule has 0 aliphatic heterocycles. The third kappa shape index (κ3) is 4.22. The van der Waals surface area contributed by atoms with E-state index < -0.39 is 11.8 Å². The lowest BCUT2D eigenvalue weighted by molar-refractivity contribution is -0.138. The smallest absolute Gasteiger partial charge is 0.303 e. The van der Waals surface area contributed by atoms with Crippen molar-refractivity contribution in [2.45, 2.75) is 25.7 Å². The number of hydrogen-bond donors (Lipinski definition) is 1. The Labute approximate surface area is 121 Å². The SMILES string of the molecule is COCOc1nc(C2=CCC(CC(=O)O)CC2)ncc1F. The maximum absolute atomic E-state index is 13.5. The lowest BCUT2D eigenvalue weighted by atomic mass is 9.87. The fourth-order valence-electron chi connectivity index (χ4n) is 2.25. The summed E-state index contributed by atoms with van der Waals surface area (Å²) < 4.78 is 23.2. The zero-order valence-corrected chi connectivity index (χ0v) is 11.7. The van der Waals surface area contributed by atoms with Gasteiger partial charge in [-0.15, -0.1) is 0 Å². The van der Waals surface area contributed by atoms with Gasteiger partial charge in [0.2, 0.25) is 5.82 Å². The molecule has 1 N–H and O–H groups in total. The minimum absolute atomic E-state index is 0.0902. The van der Waals surface area contributed by atoms with Crippen molar-refractivity contribution in [3.8, 4) is 5.88 Å². The third-order valence-corrected chi connectivity index (χ3v) is 3.30. The molecule has 1 aliphatic rings. The summed E-state index contributed by atoms with van der Waals surface area (Å²) in [7, 11) is 1.44. The summed E-state index contributed by atoms with van der Waals surface area (Å²) in [5.74, 6) is -1.02. The largest absolute Gasteiger partial charge is 0.481 e. The van der Waals surface area contributed by atoms with Gasteiger partial charge < -0.3 is 14.6 Å². The topological polar surface area (TPSA) is 81.5 Å². The molecule has 114 valence electrons. The highest BCUT2D eigenvalue weighted by Crippen LogP contribution is 2.31. The van der Waals surface area contributed by atoms with Crippen LogP contribution in [-0.4, -0.2) is 34.9 Å². The monoisotopic (exact) mass is 296 g/mol. The molecule has 1 unspecified atom stereocenters. The van der Waals surface area contributed by atoms with E-state index in [1.165, 1.54) is 7.11 Å². The quantitative estimate of drug-likeness (QED) is 0.811. The molecule has 1 heterocycles. The number of ether oxygens (including phenoxy) is 2. The van der Waals surface area contributed by atoms with Gasteiger partial charge in [0.1, 0.15) is 0 Å². The summed E-state index contributed by atoms with van der Waals surface area (Å²) in [6, 6.07) is 0. The second kappa shape index (κ2) is 7.12. The van der Waals surface area contributed by atoms with Crippen molar-refractivity contribution in [1.82, 2.24) is 9.97 Å². The second-order valence-corrected chi connectivity index (χ2v) is 4.87. The lowest BCUT2D eigenvalue weighted by Crippen LogP contribution is -2.12. The highest BCUT2D eigenvalue weighted by Gasteiger charge is 2.20. The van der Waals surface area contributed by atoms with Crippen LogP contribution < -0.4 is 4.74 Å². The van der Waals surface area contributed by atoms with Crippen LogP contribution in [0, 0.1) is 11.7 Å². The standard InChI is InChI=1S/C14H17FN2O4/c1-20-8-21-14-11(15)7-16-13(17-14)10-4-2-9(3-5-10)6-12(18)19/h4,7,9H,2-3,5-6,8H2,1H3,(H,18,19). The van der Waals surface area contributed by atoms with E-state index in [1.807, 2.05) is 6.08 Å². The van der Waals surface area contributed by atoms with E-state index in [9.17, 15) is 9.18 Å². The van der Waals surface area contributed by atoms with Crippen LogP contribution in [-0.2, 0) is 9.53 Å². The molecular weight excluding hydrogens is 279 g/mol. The lowest BCUT2D eigenvalue weighted by Gasteiger charge is -2.19. The number of carboxylic acid groups (broad SMARTS) is 1. The average Bonchev–Trinajstić information content (AvgIpc) is 2.47. The van der Waals surface area contributed by atoms with Gasteiger partial charge in [-0.2, -0.15) is 9.37 Å². The molecule has 6 nitrogen and oxygen atoms in total. The van der Waals surface area contributed by atoms with E-state index in [4.69, 9.17) is 14.6 Å². The molecule has 0 bridgehead atoms. The first kappa shape index (κ1) is 15.4. The van der Waals surface area contributed by atoms with Crippen LogP contribution in [0.4, 0.5) is 4.39 Å². The molecule has 7 heteroatoms. The molecule has 1 atom stereocenters. The summed E-state index contributed by atoms with van der Waals surface area (Å²) in [5, 5.41) is 8.78. The Morgan fingerprint density at radius 2 is 2.38 bits per heavy atom. The number of carboxylic acids is 1. The van der Waals surface area contributed by atoms with Gasteiger partial charge in [0.25, 0.3) is 5.88 Å². The molecule has 21 heavy (non-hydrogen) atoms. The molecule has 1 aliphatic carbocycles. The van der Waals surface area contributed by atoms with Gasteiger partial charge in [-0.25, -0.2) is 4.98 Å². The summed E-state index contributed by atoms with van der Waals surface area (Å²) in [6.07, 6.45) is 5.25. The molecule has 1 aromatic rings. The van der Waals surface area contributed by atoms with Crippen molar-refractivity contribution in [3.05, 3.63) is 23.9 Å². The van der Waals surface area contributed by atoms with Crippen LogP contribution >= 0.6 is 0 Å². The van der Waals surface area contributed by atoms with Crippen LogP contribution in [0.25, 0.3) is 5.57 Å². The summed E-state index contributed by atoms with van der Waals surface area (Å²) >= 11 is 0. The number of hydrogen-bond acceptors (Lipinski definition) is 5. The third-order valence-electron chi connectivity index (χ3n) is 3.30. The van der Waals surface area contributed by atoms with Gasteiger partial charge in [-0.1, -0.05) is 6.08 Å². The number of nitrogens with zero attached hydrogens (tertiary/aromatic N) is 2. The second-order valence-electron chi connectivity index (χ2n) is 4.87. The van der Waals surface area contributed by atoms with Crippen molar-refractivity contribution in [2.24, 2.45) is 5.92 Å². The molecule has 0 spiro atoms. The maximum atomic E-state index is 13.5. The number of methoxy groups -OCH3 is 1. The predicted molar refractivity (Wildman–Crippen MR) is 72.1 cm³/mol. The van der Waals surface area contributed by atoms with Crippen molar-refractivity contribution in [2.75, 3.05) is 13.9 Å².